The van der Waals surface area contributed by atoms with Gasteiger partial charge in [-0.2, -0.15) is 0 Å². The molecule has 140 valence electrons. The lowest BCUT2D eigenvalue weighted by Gasteiger charge is -2.27. The Morgan fingerprint density at radius 3 is 2.56 bits per heavy atom. The summed E-state index contributed by atoms with van der Waals surface area (Å²) < 4.78 is 11.1. The number of rotatable bonds is 5. The van der Waals surface area contributed by atoms with Crippen LogP contribution < -0.4 is 19.9 Å². The molecule has 1 aliphatic rings. The second-order valence-electron chi connectivity index (χ2n) is 5.93. The van der Waals surface area contributed by atoms with Crippen LogP contribution in [0, 0.1) is 0 Å². The van der Waals surface area contributed by atoms with Gasteiger partial charge in [-0.15, -0.1) is 0 Å². The van der Waals surface area contributed by atoms with Crippen LogP contribution in [0.15, 0.2) is 46.4 Å². The lowest BCUT2D eigenvalue weighted by Crippen LogP contribution is -2.54. The molecule has 8 heteroatoms. The molecule has 0 radical (unpaired) electrons. The van der Waals surface area contributed by atoms with Gasteiger partial charge in [0.25, 0.3) is 11.8 Å². The first-order chi connectivity index (χ1) is 12.9. The molecule has 1 aromatic carbocycles. The van der Waals surface area contributed by atoms with E-state index in [1.54, 1.807) is 62.3 Å². The molecule has 27 heavy (non-hydrogen) atoms. The zero-order valence-corrected chi connectivity index (χ0v) is 15.2. The van der Waals surface area contributed by atoms with Crippen LogP contribution >= 0.6 is 0 Å². The summed E-state index contributed by atoms with van der Waals surface area (Å²) in [5.41, 5.74) is 0.0502. The minimum atomic E-state index is -0.831. The van der Waals surface area contributed by atoms with Gasteiger partial charge in [-0.05, 0) is 31.2 Å². The topological polar surface area (TPSA) is 92.1 Å². The summed E-state index contributed by atoms with van der Waals surface area (Å²) in [4.78, 5) is 40.1. The van der Waals surface area contributed by atoms with Crippen molar-refractivity contribution in [2.45, 2.75) is 6.92 Å². The number of urea groups is 1. The van der Waals surface area contributed by atoms with Crippen LogP contribution in [-0.2, 0) is 9.59 Å². The zero-order chi connectivity index (χ0) is 19.6. The molecule has 0 atom stereocenters. The van der Waals surface area contributed by atoms with Gasteiger partial charge in [0.1, 0.15) is 17.1 Å². The van der Waals surface area contributed by atoms with Crippen molar-refractivity contribution in [3.8, 4) is 5.75 Å². The third kappa shape index (κ3) is 3.55. The Labute approximate surface area is 156 Å². The van der Waals surface area contributed by atoms with E-state index in [4.69, 9.17) is 9.15 Å². The van der Waals surface area contributed by atoms with Gasteiger partial charge in [0.2, 0.25) is 0 Å². The van der Waals surface area contributed by atoms with E-state index in [1.165, 1.54) is 6.08 Å². The Morgan fingerprint density at radius 2 is 1.89 bits per heavy atom. The standard InChI is InChI=1S/C19H19N3O5/c1-4-26-15-8-6-5-7-14(15)22-18(24)13(17(23)20-19(22)25)11-12-9-10-16(27-12)21(2)3/h5-11H,4H2,1-3H3,(H,20,23,25)/b13-11+. The molecule has 1 N–H and O–H groups in total. The fourth-order valence-corrected chi connectivity index (χ4v) is 2.60. The molecule has 2 heterocycles. The Kier molecular flexibility index (Phi) is 4.98. The van der Waals surface area contributed by atoms with Crippen LogP contribution in [0.5, 0.6) is 5.75 Å². The van der Waals surface area contributed by atoms with Crippen molar-refractivity contribution in [3.63, 3.8) is 0 Å². The normalized spacial score (nSPS) is 15.9. The molecule has 1 saturated heterocycles. The number of amides is 4. The number of barbiturate groups is 1. The predicted molar refractivity (Wildman–Crippen MR) is 99.6 cm³/mol. The molecule has 0 bridgehead atoms. The molecule has 1 aliphatic heterocycles. The van der Waals surface area contributed by atoms with Gasteiger partial charge in [-0.1, -0.05) is 12.1 Å². The summed E-state index contributed by atoms with van der Waals surface area (Å²) in [7, 11) is 3.61. The average molecular weight is 369 g/mol. The molecule has 0 aliphatic carbocycles. The van der Waals surface area contributed by atoms with Crippen LogP contribution in [0.4, 0.5) is 16.4 Å². The van der Waals surface area contributed by atoms with Crippen LogP contribution in [-0.4, -0.2) is 38.5 Å². The largest absolute Gasteiger partial charge is 0.492 e. The van der Waals surface area contributed by atoms with E-state index in [-0.39, 0.29) is 11.3 Å². The molecule has 2 aromatic rings. The first-order valence-corrected chi connectivity index (χ1v) is 8.32. The van der Waals surface area contributed by atoms with Gasteiger partial charge < -0.3 is 14.1 Å². The highest BCUT2D eigenvalue weighted by atomic mass is 16.5. The Hall–Kier alpha value is -3.55. The summed E-state index contributed by atoms with van der Waals surface area (Å²) in [6.07, 6.45) is 1.31. The Bertz CT molecular complexity index is 929. The molecular weight excluding hydrogens is 350 g/mol. The summed E-state index contributed by atoms with van der Waals surface area (Å²) in [5, 5.41) is 2.18. The second kappa shape index (κ2) is 7.36. The van der Waals surface area contributed by atoms with Crippen molar-refractivity contribution >= 4 is 35.5 Å². The molecule has 0 saturated carbocycles. The number of imide groups is 2. The first-order valence-electron chi connectivity index (χ1n) is 8.32. The number of hydrogen-bond acceptors (Lipinski definition) is 6. The monoisotopic (exact) mass is 369 g/mol. The highest BCUT2D eigenvalue weighted by Crippen LogP contribution is 2.31. The molecule has 1 fully saturated rings. The number of benzene rings is 1. The minimum absolute atomic E-state index is 0.208. The van der Waals surface area contributed by atoms with Crippen LogP contribution in [0.25, 0.3) is 6.08 Å². The lowest BCUT2D eigenvalue weighted by atomic mass is 10.1. The number of carbonyl (C=O) groups is 3. The smallest absolute Gasteiger partial charge is 0.336 e. The summed E-state index contributed by atoms with van der Waals surface area (Å²) >= 11 is 0. The average Bonchev–Trinajstić information content (AvgIpc) is 3.09. The van der Waals surface area contributed by atoms with Crippen LogP contribution in [0.3, 0.4) is 0 Å². The number of nitrogens with zero attached hydrogens (tertiary/aromatic N) is 2. The molecule has 8 nitrogen and oxygen atoms in total. The molecule has 3 rings (SSSR count). The van der Waals surface area contributed by atoms with Gasteiger partial charge in [0.15, 0.2) is 5.88 Å². The highest BCUT2D eigenvalue weighted by Gasteiger charge is 2.38. The Balaban J connectivity index is 2.00. The number of hydrogen-bond donors (Lipinski definition) is 1. The predicted octanol–water partition coefficient (Wildman–Crippen LogP) is 2.41. The van der Waals surface area contributed by atoms with E-state index in [1.807, 2.05) is 0 Å². The third-order valence-electron chi connectivity index (χ3n) is 3.85. The van der Waals surface area contributed by atoms with Gasteiger partial charge >= 0.3 is 6.03 Å². The van der Waals surface area contributed by atoms with E-state index in [0.29, 0.717) is 24.0 Å². The van der Waals surface area contributed by atoms with E-state index in [9.17, 15) is 14.4 Å². The fourth-order valence-electron chi connectivity index (χ4n) is 2.60. The van der Waals surface area contributed by atoms with Crippen molar-refractivity contribution in [3.05, 3.63) is 47.7 Å². The van der Waals surface area contributed by atoms with Gasteiger partial charge in [0.05, 0.1) is 12.3 Å². The zero-order valence-electron chi connectivity index (χ0n) is 15.2. The van der Waals surface area contributed by atoms with Crippen molar-refractivity contribution in [1.82, 2.24) is 5.32 Å². The highest BCUT2D eigenvalue weighted by molar-refractivity contribution is 6.39. The summed E-state index contributed by atoms with van der Waals surface area (Å²) in [6.45, 7) is 2.16. The second-order valence-corrected chi connectivity index (χ2v) is 5.93. The molecule has 0 unspecified atom stereocenters. The number of nitrogens with one attached hydrogen (secondary N) is 1. The van der Waals surface area contributed by atoms with Crippen molar-refractivity contribution < 1.29 is 23.5 Å². The third-order valence-corrected chi connectivity index (χ3v) is 3.85. The lowest BCUT2D eigenvalue weighted by molar-refractivity contribution is -0.122. The van der Waals surface area contributed by atoms with Crippen molar-refractivity contribution in [2.75, 3.05) is 30.5 Å². The van der Waals surface area contributed by atoms with E-state index >= 15 is 0 Å². The number of carbonyl (C=O) groups excluding carboxylic acids is 3. The maximum Gasteiger partial charge on any atom is 0.336 e. The van der Waals surface area contributed by atoms with E-state index in [2.05, 4.69) is 5.32 Å². The summed E-state index contributed by atoms with van der Waals surface area (Å²) in [5.74, 6) is -0.272. The van der Waals surface area contributed by atoms with Crippen molar-refractivity contribution in [2.24, 2.45) is 0 Å². The first kappa shape index (κ1) is 18.2. The number of ether oxygens (including phenoxy) is 1. The number of anilines is 2. The quantitative estimate of drug-likeness (QED) is 0.643. The number of para-hydroxylation sites is 2. The molecule has 0 spiro atoms. The van der Waals surface area contributed by atoms with Gasteiger partial charge in [-0.25, -0.2) is 9.69 Å². The van der Waals surface area contributed by atoms with Crippen molar-refractivity contribution in [1.29, 1.82) is 0 Å². The van der Waals surface area contributed by atoms with E-state index < -0.39 is 17.8 Å². The minimum Gasteiger partial charge on any atom is -0.492 e. The Morgan fingerprint density at radius 1 is 1.15 bits per heavy atom. The SMILES string of the molecule is CCOc1ccccc1N1C(=O)NC(=O)/C(=C\c2ccc(N(C)C)o2)C1=O. The van der Waals surface area contributed by atoms with Crippen LogP contribution in [0.2, 0.25) is 0 Å². The maximum absolute atomic E-state index is 12.9. The molecule has 1 aromatic heterocycles. The maximum atomic E-state index is 12.9. The van der Waals surface area contributed by atoms with Crippen LogP contribution in [0.1, 0.15) is 12.7 Å². The summed E-state index contributed by atoms with van der Waals surface area (Å²) in [6, 6.07) is 9.15. The van der Waals surface area contributed by atoms with Gasteiger partial charge in [0, 0.05) is 20.2 Å². The van der Waals surface area contributed by atoms with Gasteiger partial charge in [-0.3, -0.25) is 14.9 Å². The molecule has 4 amide bonds. The molecular formula is C19H19N3O5. The fraction of sp³-hybridized carbons (Fsp3) is 0.211. The number of furan rings is 1. The van der Waals surface area contributed by atoms with E-state index in [0.717, 1.165) is 4.90 Å².